The zero-order valence-electron chi connectivity index (χ0n) is 5.07. The van der Waals surface area contributed by atoms with Gasteiger partial charge < -0.3 is 0 Å². The highest BCUT2D eigenvalue weighted by Crippen LogP contribution is 2.08. The van der Waals surface area contributed by atoms with Crippen molar-refractivity contribution in [2.24, 2.45) is 0 Å². The van der Waals surface area contributed by atoms with Gasteiger partial charge in [0.1, 0.15) is 6.33 Å². The van der Waals surface area contributed by atoms with Crippen LogP contribution < -0.4 is 0 Å². The zero-order valence-corrected chi connectivity index (χ0v) is 6.58. The van der Waals surface area contributed by atoms with Crippen LogP contribution in [0.15, 0.2) is 6.33 Å². The summed E-state index contributed by atoms with van der Waals surface area (Å²) in [6.45, 7) is 0. The summed E-state index contributed by atoms with van der Waals surface area (Å²) in [5.74, 6) is 0.343. The molecule has 7 heteroatoms. The molecule has 0 atom stereocenters. The van der Waals surface area contributed by atoms with Crippen LogP contribution in [0.25, 0.3) is 5.78 Å². The summed E-state index contributed by atoms with van der Waals surface area (Å²) < 4.78 is 1.29. The number of halogens is 2. The van der Waals surface area contributed by atoms with Crippen molar-refractivity contribution in [2.45, 2.75) is 0 Å². The highest BCUT2D eigenvalue weighted by Gasteiger charge is 2.03. The SMILES string of the molecule is Clc1nc(Cl)n2ncnc2n1. The molecule has 0 aromatic carbocycles. The molecule has 0 radical (unpaired) electrons. The Balaban J connectivity index is 2.91. The van der Waals surface area contributed by atoms with Gasteiger partial charge in [0.25, 0.3) is 5.78 Å². The van der Waals surface area contributed by atoms with Crippen molar-refractivity contribution in [1.29, 1.82) is 0 Å². The van der Waals surface area contributed by atoms with Gasteiger partial charge in [-0.3, -0.25) is 0 Å². The van der Waals surface area contributed by atoms with Crippen LogP contribution in [0.1, 0.15) is 0 Å². The lowest BCUT2D eigenvalue weighted by atomic mass is 11.0. The molecule has 2 aromatic rings. The summed E-state index contributed by atoms with van der Waals surface area (Å²) in [4.78, 5) is 11.2. The van der Waals surface area contributed by atoms with Crippen LogP contribution in [-0.2, 0) is 0 Å². The molecule has 2 aromatic heterocycles. The van der Waals surface area contributed by atoms with Gasteiger partial charge in [0.2, 0.25) is 10.6 Å². The maximum atomic E-state index is 5.63. The van der Waals surface area contributed by atoms with Crippen molar-refractivity contribution in [3.63, 3.8) is 0 Å². The summed E-state index contributed by atoms with van der Waals surface area (Å²) in [7, 11) is 0. The molecule has 0 unspecified atom stereocenters. The number of nitrogens with zero attached hydrogens (tertiary/aromatic N) is 5. The zero-order chi connectivity index (χ0) is 7.84. The van der Waals surface area contributed by atoms with Gasteiger partial charge in [-0.05, 0) is 23.2 Å². The molecule has 0 aliphatic carbocycles. The fraction of sp³-hybridized carbons (Fsp3) is 0. The minimum absolute atomic E-state index is 0.0653. The molecule has 2 rings (SSSR count). The van der Waals surface area contributed by atoms with E-state index in [1.807, 2.05) is 0 Å². The van der Waals surface area contributed by atoms with Gasteiger partial charge in [-0.2, -0.15) is 24.6 Å². The van der Waals surface area contributed by atoms with E-state index < -0.39 is 0 Å². The minimum Gasteiger partial charge on any atom is -0.197 e. The van der Waals surface area contributed by atoms with E-state index in [1.54, 1.807) is 0 Å². The standard InChI is InChI=1S/C4HCl2N5/c5-2-9-3(6)11-4(10-2)7-1-8-11/h1H. The Bertz CT molecular complexity index is 396. The van der Waals surface area contributed by atoms with Gasteiger partial charge in [0.15, 0.2) is 0 Å². The molecule has 0 bridgehead atoms. The van der Waals surface area contributed by atoms with E-state index in [1.165, 1.54) is 10.8 Å². The molecule has 0 saturated heterocycles. The molecule has 0 amide bonds. The van der Waals surface area contributed by atoms with Gasteiger partial charge in [-0.1, -0.05) is 0 Å². The first-order valence-electron chi connectivity index (χ1n) is 2.66. The Morgan fingerprint density at radius 3 is 2.91 bits per heavy atom. The number of aromatic nitrogens is 5. The maximum Gasteiger partial charge on any atom is 0.257 e. The first kappa shape index (κ1) is 6.75. The van der Waals surface area contributed by atoms with Gasteiger partial charge in [0, 0.05) is 0 Å². The Morgan fingerprint density at radius 2 is 2.09 bits per heavy atom. The third kappa shape index (κ3) is 1.02. The second kappa shape index (κ2) is 2.28. The average molecular weight is 190 g/mol. The maximum absolute atomic E-state index is 5.63. The predicted octanol–water partition coefficient (Wildman–Crippen LogP) is 0.826. The van der Waals surface area contributed by atoms with E-state index in [0.29, 0.717) is 5.78 Å². The van der Waals surface area contributed by atoms with Crippen molar-refractivity contribution in [3.8, 4) is 0 Å². The van der Waals surface area contributed by atoms with Gasteiger partial charge in [-0.25, -0.2) is 0 Å². The van der Waals surface area contributed by atoms with Crippen LogP contribution in [0.5, 0.6) is 0 Å². The van der Waals surface area contributed by atoms with Crippen LogP contribution in [0.3, 0.4) is 0 Å². The molecule has 11 heavy (non-hydrogen) atoms. The lowest BCUT2D eigenvalue weighted by Gasteiger charge is -1.92. The third-order valence-electron chi connectivity index (χ3n) is 1.08. The van der Waals surface area contributed by atoms with E-state index in [2.05, 4.69) is 20.1 Å². The average Bonchev–Trinajstić information content (AvgIpc) is 2.34. The van der Waals surface area contributed by atoms with E-state index in [4.69, 9.17) is 23.2 Å². The van der Waals surface area contributed by atoms with E-state index in [-0.39, 0.29) is 10.6 Å². The molecular weight excluding hydrogens is 189 g/mol. The highest BCUT2D eigenvalue weighted by molar-refractivity contribution is 6.31. The summed E-state index contributed by atoms with van der Waals surface area (Å²) in [5.41, 5.74) is 0. The number of rotatable bonds is 0. The lowest BCUT2D eigenvalue weighted by molar-refractivity contribution is 0.892. The smallest absolute Gasteiger partial charge is 0.197 e. The first-order chi connectivity index (χ1) is 5.27. The monoisotopic (exact) mass is 189 g/mol. The molecule has 0 fully saturated rings. The van der Waals surface area contributed by atoms with Crippen molar-refractivity contribution >= 4 is 29.0 Å². The molecule has 56 valence electrons. The second-order valence-corrected chi connectivity index (χ2v) is 2.41. The van der Waals surface area contributed by atoms with Crippen LogP contribution in [0, 0.1) is 0 Å². The molecular formula is C4HCl2N5. The molecule has 0 N–H and O–H groups in total. The van der Waals surface area contributed by atoms with Crippen LogP contribution in [-0.4, -0.2) is 24.6 Å². The number of hydrogen-bond donors (Lipinski definition) is 0. The normalized spacial score (nSPS) is 10.7. The Morgan fingerprint density at radius 1 is 1.27 bits per heavy atom. The van der Waals surface area contributed by atoms with Gasteiger partial charge in [0.05, 0.1) is 0 Å². The summed E-state index contributed by atoms with van der Waals surface area (Å²) in [6.07, 6.45) is 1.33. The summed E-state index contributed by atoms with van der Waals surface area (Å²) >= 11 is 11.1. The fourth-order valence-electron chi connectivity index (χ4n) is 0.673. The van der Waals surface area contributed by atoms with Crippen LogP contribution >= 0.6 is 23.2 Å². The molecule has 2 heterocycles. The van der Waals surface area contributed by atoms with Crippen molar-refractivity contribution in [2.75, 3.05) is 0 Å². The van der Waals surface area contributed by atoms with Crippen LogP contribution in [0.4, 0.5) is 0 Å². The quantitative estimate of drug-likeness (QED) is 0.617. The lowest BCUT2D eigenvalue weighted by Crippen LogP contribution is -1.96. The molecule has 0 saturated carbocycles. The molecule has 0 aliphatic rings. The van der Waals surface area contributed by atoms with E-state index in [0.717, 1.165) is 0 Å². The van der Waals surface area contributed by atoms with Crippen molar-refractivity contribution in [1.82, 2.24) is 24.6 Å². The number of hydrogen-bond acceptors (Lipinski definition) is 4. The minimum atomic E-state index is 0.0653. The predicted molar refractivity (Wildman–Crippen MR) is 38.6 cm³/mol. The second-order valence-electron chi connectivity index (χ2n) is 1.73. The van der Waals surface area contributed by atoms with Gasteiger partial charge in [-0.15, -0.1) is 0 Å². The van der Waals surface area contributed by atoms with Crippen molar-refractivity contribution < 1.29 is 0 Å². The van der Waals surface area contributed by atoms with E-state index in [9.17, 15) is 0 Å². The molecule has 0 spiro atoms. The highest BCUT2D eigenvalue weighted by atomic mass is 35.5. The summed E-state index contributed by atoms with van der Waals surface area (Å²) in [5, 5.41) is 3.97. The van der Waals surface area contributed by atoms with Crippen LogP contribution in [0.2, 0.25) is 10.6 Å². The van der Waals surface area contributed by atoms with Gasteiger partial charge >= 0.3 is 0 Å². The summed E-state index contributed by atoms with van der Waals surface area (Å²) in [6, 6.07) is 0. The Labute approximate surface area is 71.0 Å². The fourth-order valence-corrected chi connectivity index (χ4v) is 1.07. The first-order valence-corrected chi connectivity index (χ1v) is 3.42. The molecule has 5 nitrogen and oxygen atoms in total. The number of fused-ring (bicyclic) bond motifs is 1. The van der Waals surface area contributed by atoms with Crippen molar-refractivity contribution in [3.05, 3.63) is 16.9 Å². The largest absolute Gasteiger partial charge is 0.257 e. The Kier molecular flexibility index (Phi) is 1.40. The molecule has 0 aliphatic heterocycles. The topological polar surface area (TPSA) is 56.0 Å². The van der Waals surface area contributed by atoms with E-state index >= 15 is 0 Å². The third-order valence-corrected chi connectivity index (χ3v) is 1.49. The Hall–Kier alpha value is -0.940.